The van der Waals surface area contributed by atoms with Gasteiger partial charge in [0.1, 0.15) is 0 Å². The summed E-state index contributed by atoms with van der Waals surface area (Å²) in [7, 11) is 0. The van der Waals surface area contributed by atoms with Crippen molar-refractivity contribution in [3.63, 3.8) is 0 Å². The Hall–Kier alpha value is -1.94. The zero-order valence-corrected chi connectivity index (χ0v) is 11.3. The number of fused-ring (bicyclic) bond motifs is 1. The Morgan fingerprint density at radius 3 is 2.95 bits per heavy atom. The number of pyridine rings is 1. The fourth-order valence-corrected chi connectivity index (χ4v) is 2.53. The standard InChI is InChI=1S/C16H18N2O2/c19-16(20)7-9-18(14-4-5-14)11-12-3-6-15-13(10-12)2-1-8-17-15/h1-3,6,8,10,14H,4-5,7,9,11H2,(H,19,20). The van der Waals surface area contributed by atoms with Crippen molar-refractivity contribution in [1.82, 2.24) is 9.88 Å². The molecule has 1 N–H and O–H groups in total. The van der Waals surface area contributed by atoms with Crippen molar-refractivity contribution < 1.29 is 9.90 Å². The van der Waals surface area contributed by atoms with Crippen molar-refractivity contribution in [1.29, 1.82) is 0 Å². The monoisotopic (exact) mass is 270 g/mol. The number of aromatic nitrogens is 1. The molecule has 1 aliphatic rings. The Balaban J connectivity index is 1.74. The van der Waals surface area contributed by atoms with Crippen molar-refractivity contribution in [2.75, 3.05) is 6.54 Å². The molecule has 0 atom stereocenters. The first kappa shape index (κ1) is 13.1. The molecule has 1 heterocycles. The van der Waals surface area contributed by atoms with E-state index in [0.717, 1.165) is 17.4 Å². The first-order valence-corrected chi connectivity index (χ1v) is 7.02. The molecular weight excluding hydrogens is 252 g/mol. The molecule has 4 heteroatoms. The molecule has 1 aromatic heterocycles. The third-order valence-electron chi connectivity index (χ3n) is 3.73. The Bertz CT molecular complexity index is 623. The number of carbonyl (C=O) groups is 1. The zero-order chi connectivity index (χ0) is 13.9. The molecule has 1 fully saturated rings. The maximum Gasteiger partial charge on any atom is 0.304 e. The van der Waals surface area contributed by atoms with Gasteiger partial charge in [0, 0.05) is 30.7 Å². The highest BCUT2D eigenvalue weighted by Crippen LogP contribution is 2.28. The number of aliphatic carboxylic acids is 1. The third kappa shape index (κ3) is 3.14. The van der Waals surface area contributed by atoms with Crippen LogP contribution in [0.5, 0.6) is 0 Å². The molecule has 104 valence electrons. The van der Waals surface area contributed by atoms with Crippen LogP contribution in [0.3, 0.4) is 0 Å². The predicted molar refractivity (Wildman–Crippen MR) is 77.4 cm³/mol. The maximum absolute atomic E-state index is 10.7. The Morgan fingerprint density at radius 1 is 1.35 bits per heavy atom. The van der Waals surface area contributed by atoms with Gasteiger partial charge in [-0.1, -0.05) is 12.1 Å². The molecule has 1 aromatic carbocycles. The molecule has 0 bridgehead atoms. The van der Waals surface area contributed by atoms with E-state index in [9.17, 15) is 4.79 Å². The Morgan fingerprint density at radius 2 is 2.20 bits per heavy atom. The molecule has 3 rings (SSSR count). The van der Waals surface area contributed by atoms with Gasteiger partial charge in [-0.2, -0.15) is 0 Å². The average Bonchev–Trinajstić information content (AvgIpc) is 3.27. The van der Waals surface area contributed by atoms with Crippen molar-refractivity contribution in [2.45, 2.75) is 31.8 Å². The van der Waals surface area contributed by atoms with Crippen LogP contribution in [0, 0.1) is 0 Å². The molecule has 0 aliphatic heterocycles. The second-order valence-electron chi connectivity index (χ2n) is 5.38. The molecule has 0 spiro atoms. The number of nitrogens with zero attached hydrogens (tertiary/aromatic N) is 2. The third-order valence-corrected chi connectivity index (χ3v) is 3.73. The van der Waals surface area contributed by atoms with Crippen LogP contribution >= 0.6 is 0 Å². The smallest absolute Gasteiger partial charge is 0.304 e. The quantitative estimate of drug-likeness (QED) is 0.876. The van der Waals surface area contributed by atoms with Gasteiger partial charge in [-0.25, -0.2) is 0 Å². The van der Waals surface area contributed by atoms with Crippen LogP contribution in [0.25, 0.3) is 10.9 Å². The minimum absolute atomic E-state index is 0.214. The highest BCUT2D eigenvalue weighted by atomic mass is 16.4. The van der Waals surface area contributed by atoms with Gasteiger partial charge in [-0.05, 0) is 36.6 Å². The highest BCUT2D eigenvalue weighted by molar-refractivity contribution is 5.78. The van der Waals surface area contributed by atoms with Gasteiger partial charge in [0.2, 0.25) is 0 Å². The summed E-state index contributed by atoms with van der Waals surface area (Å²) in [4.78, 5) is 17.3. The number of rotatable bonds is 6. The first-order valence-electron chi connectivity index (χ1n) is 7.02. The molecule has 4 nitrogen and oxygen atoms in total. The predicted octanol–water partition coefficient (Wildman–Crippen LogP) is 2.67. The average molecular weight is 270 g/mol. The number of hydrogen-bond donors (Lipinski definition) is 1. The molecule has 0 radical (unpaired) electrons. The maximum atomic E-state index is 10.7. The highest BCUT2D eigenvalue weighted by Gasteiger charge is 2.29. The number of hydrogen-bond acceptors (Lipinski definition) is 3. The minimum Gasteiger partial charge on any atom is -0.481 e. The van der Waals surface area contributed by atoms with Crippen LogP contribution in [-0.2, 0) is 11.3 Å². The number of benzene rings is 1. The van der Waals surface area contributed by atoms with E-state index in [1.54, 1.807) is 6.20 Å². The lowest BCUT2D eigenvalue weighted by Gasteiger charge is -2.21. The van der Waals surface area contributed by atoms with Gasteiger partial charge in [-0.3, -0.25) is 14.7 Å². The summed E-state index contributed by atoms with van der Waals surface area (Å²) < 4.78 is 0. The topological polar surface area (TPSA) is 53.4 Å². The Kier molecular flexibility index (Phi) is 3.65. The normalized spacial score (nSPS) is 14.8. The van der Waals surface area contributed by atoms with Gasteiger partial charge < -0.3 is 5.11 Å². The first-order chi connectivity index (χ1) is 9.72. The van der Waals surface area contributed by atoms with Crippen LogP contribution in [0.1, 0.15) is 24.8 Å². The van der Waals surface area contributed by atoms with Gasteiger partial charge >= 0.3 is 5.97 Å². The zero-order valence-electron chi connectivity index (χ0n) is 11.3. The molecule has 0 saturated heterocycles. The summed E-state index contributed by atoms with van der Waals surface area (Å²) in [5, 5.41) is 9.97. The van der Waals surface area contributed by atoms with Gasteiger partial charge in [0.15, 0.2) is 0 Å². The molecule has 20 heavy (non-hydrogen) atoms. The van der Waals surface area contributed by atoms with Crippen molar-refractivity contribution in [3.05, 3.63) is 42.1 Å². The van der Waals surface area contributed by atoms with Crippen molar-refractivity contribution in [3.8, 4) is 0 Å². The summed E-state index contributed by atoms with van der Waals surface area (Å²) in [6, 6.07) is 10.8. The fraction of sp³-hybridized carbons (Fsp3) is 0.375. The van der Waals surface area contributed by atoms with Crippen molar-refractivity contribution >= 4 is 16.9 Å². The van der Waals surface area contributed by atoms with E-state index in [-0.39, 0.29) is 6.42 Å². The van der Waals surface area contributed by atoms with Crippen molar-refractivity contribution in [2.24, 2.45) is 0 Å². The molecule has 2 aromatic rings. The van der Waals surface area contributed by atoms with E-state index < -0.39 is 5.97 Å². The summed E-state index contributed by atoms with van der Waals surface area (Å²) >= 11 is 0. The summed E-state index contributed by atoms with van der Waals surface area (Å²) in [6.07, 6.45) is 4.39. The number of carboxylic acids is 1. The lowest BCUT2D eigenvalue weighted by molar-refractivity contribution is -0.137. The molecular formula is C16H18N2O2. The summed E-state index contributed by atoms with van der Waals surface area (Å²) in [6.45, 7) is 1.45. The van der Waals surface area contributed by atoms with Gasteiger partial charge in [0.25, 0.3) is 0 Å². The van der Waals surface area contributed by atoms with Crippen LogP contribution in [-0.4, -0.2) is 33.5 Å². The van der Waals surface area contributed by atoms with E-state index >= 15 is 0 Å². The summed E-state index contributed by atoms with van der Waals surface area (Å²) in [5.41, 5.74) is 2.22. The molecule has 1 saturated carbocycles. The van der Waals surface area contributed by atoms with E-state index in [4.69, 9.17) is 5.11 Å². The largest absolute Gasteiger partial charge is 0.481 e. The SMILES string of the molecule is O=C(O)CCN(Cc1ccc2ncccc2c1)C1CC1. The molecule has 1 aliphatic carbocycles. The molecule has 0 amide bonds. The van der Waals surface area contributed by atoms with E-state index in [0.29, 0.717) is 12.6 Å². The second kappa shape index (κ2) is 5.59. The lowest BCUT2D eigenvalue weighted by Crippen LogP contribution is -2.28. The second-order valence-corrected chi connectivity index (χ2v) is 5.38. The van der Waals surface area contributed by atoms with Crippen LogP contribution in [0.4, 0.5) is 0 Å². The van der Waals surface area contributed by atoms with Crippen LogP contribution < -0.4 is 0 Å². The Labute approximate surface area is 118 Å². The number of carboxylic acid groups (broad SMARTS) is 1. The van der Waals surface area contributed by atoms with E-state index in [1.165, 1.54) is 18.4 Å². The fourth-order valence-electron chi connectivity index (χ4n) is 2.53. The van der Waals surface area contributed by atoms with E-state index in [1.807, 2.05) is 12.1 Å². The van der Waals surface area contributed by atoms with Crippen LogP contribution in [0.2, 0.25) is 0 Å². The van der Waals surface area contributed by atoms with Gasteiger partial charge in [-0.15, -0.1) is 0 Å². The van der Waals surface area contributed by atoms with Crippen LogP contribution in [0.15, 0.2) is 36.5 Å². The summed E-state index contributed by atoms with van der Waals surface area (Å²) in [5.74, 6) is -0.724. The van der Waals surface area contributed by atoms with Gasteiger partial charge in [0.05, 0.1) is 11.9 Å². The van der Waals surface area contributed by atoms with E-state index in [2.05, 4.69) is 28.1 Å². The minimum atomic E-state index is -0.724. The molecule has 0 unspecified atom stereocenters. The lowest BCUT2D eigenvalue weighted by atomic mass is 10.1.